The first-order valence-electron chi connectivity index (χ1n) is 4.82. The Bertz CT molecular complexity index is 282. The van der Waals surface area contributed by atoms with Gasteiger partial charge in [0.15, 0.2) is 0 Å². The first-order valence-corrected chi connectivity index (χ1v) is 4.82. The van der Waals surface area contributed by atoms with Crippen molar-refractivity contribution in [2.45, 2.75) is 25.3 Å². The molecule has 0 amide bonds. The molecule has 1 atom stereocenters. The topological polar surface area (TPSA) is 46.2 Å². The van der Waals surface area contributed by atoms with Crippen LogP contribution in [-0.4, -0.2) is 5.11 Å². The Balaban J connectivity index is 0.000000980. The fraction of sp³-hybridized carbons (Fsp3) is 0.455. The van der Waals surface area contributed by atoms with Crippen LogP contribution < -0.4 is 5.73 Å². The molecule has 3 heteroatoms. The van der Waals surface area contributed by atoms with E-state index in [0.717, 1.165) is 5.56 Å². The lowest BCUT2D eigenvalue weighted by Crippen LogP contribution is -2.26. The largest absolute Gasteiger partial charge is 0.508 e. The third-order valence-electron chi connectivity index (χ3n) is 2.94. The monoisotopic (exact) mass is 213 g/mol. The highest BCUT2D eigenvalue weighted by molar-refractivity contribution is 5.85. The van der Waals surface area contributed by atoms with E-state index in [0.29, 0.717) is 11.7 Å². The average Bonchev–Trinajstić information content (AvgIpc) is 2.02. The van der Waals surface area contributed by atoms with Crippen LogP contribution in [0.4, 0.5) is 0 Å². The van der Waals surface area contributed by atoms with Crippen LogP contribution in [0.25, 0.3) is 0 Å². The van der Waals surface area contributed by atoms with E-state index in [2.05, 4.69) is 0 Å². The number of halogens is 1. The molecule has 2 rings (SSSR count). The Labute approximate surface area is 90.5 Å². The van der Waals surface area contributed by atoms with E-state index in [1.807, 2.05) is 12.1 Å². The quantitative estimate of drug-likeness (QED) is 0.794. The van der Waals surface area contributed by atoms with E-state index in [4.69, 9.17) is 10.8 Å². The highest BCUT2D eigenvalue weighted by atomic mass is 35.5. The second-order valence-electron chi connectivity index (χ2n) is 3.81. The van der Waals surface area contributed by atoms with Crippen LogP contribution in [0.15, 0.2) is 24.3 Å². The molecule has 0 saturated heterocycles. The summed E-state index contributed by atoms with van der Waals surface area (Å²) in [4.78, 5) is 0. The average molecular weight is 214 g/mol. The summed E-state index contributed by atoms with van der Waals surface area (Å²) in [6.07, 6.45) is 3.82. The third-order valence-corrected chi connectivity index (χ3v) is 2.94. The van der Waals surface area contributed by atoms with Crippen LogP contribution in [0.1, 0.15) is 30.9 Å². The summed E-state index contributed by atoms with van der Waals surface area (Å²) >= 11 is 0. The molecule has 1 saturated carbocycles. The van der Waals surface area contributed by atoms with Gasteiger partial charge in [0.25, 0.3) is 0 Å². The molecule has 78 valence electrons. The van der Waals surface area contributed by atoms with Crippen molar-refractivity contribution in [3.05, 3.63) is 29.8 Å². The number of phenolic OH excluding ortho intramolecular Hbond substituents is 1. The second kappa shape index (κ2) is 4.67. The summed E-state index contributed by atoms with van der Waals surface area (Å²) in [5.41, 5.74) is 7.21. The van der Waals surface area contributed by atoms with Crippen molar-refractivity contribution in [3.8, 4) is 5.75 Å². The van der Waals surface area contributed by atoms with E-state index in [-0.39, 0.29) is 18.4 Å². The molecular weight excluding hydrogens is 198 g/mol. The van der Waals surface area contributed by atoms with Crippen LogP contribution in [-0.2, 0) is 0 Å². The predicted octanol–water partition coefficient (Wildman–Crippen LogP) is 2.61. The zero-order valence-corrected chi connectivity index (χ0v) is 8.83. The Morgan fingerprint density at radius 2 is 1.79 bits per heavy atom. The van der Waals surface area contributed by atoms with Gasteiger partial charge in [-0.05, 0) is 36.5 Å². The van der Waals surface area contributed by atoms with Gasteiger partial charge in [0.05, 0.1) is 0 Å². The highest BCUT2D eigenvalue weighted by Gasteiger charge is 2.25. The van der Waals surface area contributed by atoms with Gasteiger partial charge in [0.2, 0.25) is 0 Å². The van der Waals surface area contributed by atoms with Gasteiger partial charge in [0, 0.05) is 6.04 Å². The summed E-state index contributed by atoms with van der Waals surface area (Å²) in [5.74, 6) is 0.967. The third kappa shape index (κ3) is 2.20. The van der Waals surface area contributed by atoms with Gasteiger partial charge in [-0.25, -0.2) is 0 Å². The smallest absolute Gasteiger partial charge is 0.115 e. The van der Waals surface area contributed by atoms with Crippen molar-refractivity contribution >= 4 is 12.4 Å². The lowest BCUT2D eigenvalue weighted by molar-refractivity contribution is 0.264. The SMILES string of the molecule is Cl.N[C@H](c1ccc(O)cc1)C1CCC1. The number of hydrogen-bond acceptors (Lipinski definition) is 2. The van der Waals surface area contributed by atoms with E-state index in [9.17, 15) is 0 Å². The first-order chi connectivity index (χ1) is 6.27. The minimum Gasteiger partial charge on any atom is -0.508 e. The molecule has 0 aliphatic heterocycles. The van der Waals surface area contributed by atoms with Gasteiger partial charge < -0.3 is 10.8 Å². The molecule has 1 aliphatic carbocycles. The van der Waals surface area contributed by atoms with Gasteiger partial charge >= 0.3 is 0 Å². The summed E-state index contributed by atoms with van der Waals surface area (Å²) in [7, 11) is 0. The molecule has 0 spiro atoms. The molecule has 0 aromatic heterocycles. The van der Waals surface area contributed by atoms with E-state index >= 15 is 0 Å². The van der Waals surface area contributed by atoms with Gasteiger partial charge in [0.1, 0.15) is 5.75 Å². The molecule has 0 radical (unpaired) electrons. The minimum atomic E-state index is 0. The number of phenols is 1. The Morgan fingerprint density at radius 1 is 1.21 bits per heavy atom. The molecular formula is C11H16ClNO. The standard InChI is InChI=1S/C11H15NO.ClH/c12-11(8-2-1-3-8)9-4-6-10(13)7-5-9;/h4-8,11,13H,1-3,12H2;1H/t11-;/m0./s1. The van der Waals surface area contributed by atoms with E-state index in [1.165, 1.54) is 19.3 Å². The van der Waals surface area contributed by atoms with Crippen LogP contribution in [0.2, 0.25) is 0 Å². The fourth-order valence-corrected chi connectivity index (χ4v) is 1.77. The van der Waals surface area contributed by atoms with E-state index in [1.54, 1.807) is 12.1 Å². The second-order valence-corrected chi connectivity index (χ2v) is 3.81. The maximum Gasteiger partial charge on any atom is 0.115 e. The van der Waals surface area contributed by atoms with Crippen LogP contribution >= 0.6 is 12.4 Å². The molecule has 1 aromatic carbocycles. The van der Waals surface area contributed by atoms with Gasteiger partial charge in [-0.2, -0.15) is 0 Å². The van der Waals surface area contributed by atoms with Crippen LogP contribution in [0.3, 0.4) is 0 Å². The molecule has 1 aliphatic rings. The first kappa shape index (κ1) is 11.3. The molecule has 14 heavy (non-hydrogen) atoms. The fourth-order valence-electron chi connectivity index (χ4n) is 1.77. The molecule has 3 N–H and O–H groups in total. The lowest BCUT2D eigenvalue weighted by Gasteiger charge is -2.31. The Kier molecular flexibility index (Phi) is 3.78. The summed E-state index contributed by atoms with van der Waals surface area (Å²) < 4.78 is 0. The van der Waals surface area contributed by atoms with E-state index < -0.39 is 0 Å². The molecule has 0 heterocycles. The maximum atomic E-state index is 9.11. The molecule has 0 unspecified atom stereocenters. The molecule has 2 nitrogen and oxygen atoms in total. The predicted molar refractivity (Wildman–Crippen MR) is 59.6 cm³/mol. The number of aromatic hydroxyl groups is 1. The van der Waals surface area contributed by atoms with Gasteiger partial charge in [-0.15, -0.1) is 12.4 Å². The van der Waals surface area contributed by atoms with Crippen molar-refractivity contribution in [1.82, 2.24) is 0 Å². The molecule has 0 bridgehead atoms. The van der Waals surface area contributed by atoms with Gasteiger partial charge in [-0.1, -0.05) is 18.6 Å². The van der Waals surface area contributed by atoms with Crippen LogP contribution in [0.5, 0.6) is 5.75 Å². The van der Waals surface area contributed by atoms with Crippen molar-refractivity contribution in [2.75, 3.05) is 0 Å². The van der Waals surface area contributed by atoms with Crippen molar-refractivity contribution < 1.29 is 5.11 Å². The molecule has 1 aromatic rings. The number of benzene rings is 1. The van der Waals surface area contributed by atoms with Crippen molar-refractivity contribution in [2.24, 2.45) is 11.7 Å². The normalized spacial score (nSPS) is 18.1. The van der Waals surface area contributed by atoms with Gasteiger partial charge in [-0.3, -0.25) is 0 Å². The van der Waals surface area contributed by atoms with Crippen molar-refractivity contribution in [1.29, 1.82) is 0 Å². The maximum absolute atomic E-state index is 9.11. The van der Waals surface area contributed by atoms with Crippen molar-refractivity contribution in [3.63, 3.8) is 0 Å². The Hall–Kier alpha value is -0.730. The molecule has 1 fully saturated rings. The highest BCUT2D eigenvalue weighted by Crippen LogP contribution is 2.36. The number of hydrogen-bond donors (Lipinski definition) is 2. The Morgan fingerprint density at radius 3 is 2.21 bits per heavy atom. The zero-order chi connectivity index (χ0) is 9.26. The zero-order valence-electron chi connectivity index (χ0n) is 8.02. The minimum absolute atomic E-state index is 0. The summed E-state index contributed by atoms with van der Waals surface area (Å²) in [5, 5.41) is 9.11. The number of nitrogens with two attached hydrogens (primary N) is 1. The summed E-state index contributed by atoms with van der Waals surface area (Å²) in [6.45, 7) is 0. The lowest BCUT2D eigenvalue weighted by atomic mass is 9.78. The number of rotatable bonds is 2. The van der Waals surface area contributed by atoms with Crippen LogP contribution in [0, 0.1) is 5.92 Å². The summed E-state index contributed by atoms with van der Waals surface area (Å²) in [6, 6.07) is 7.40.